The molecule has 0 amide bonds. The standard InChI is InChI=1S/C14H17NO3/c1-4-18-13-10-7-5-6-8-11(10)14(2,15-13)9-12(16)17-3/h5-8H,4,9H2,1-3H3. The van der Waals surface area contributed by atoms with Crippen molar-refractivity contribution >= 4 is 11.9 Å². The van der Waals surface area contributed by atoms with Crippen molar-refractivity contribution in [2.45, 2.75) is 25.8 Å². The third kappa shape index (κ3) is 2.10. The summed E-state index contributed by atoms with van der Waals surface area (Å²) < 4.78 is 10.3. The largest absolute Gasteiger partial charge is 0.478 e. The van der Waals surface area contributed by atoms with Crippen LogP contribution in [0.4, 0.5) is 0 Å². The molecule has 4 nitrogen and oxygen atoms in total. The van der Waals surface area contributed by atoms with Crippen LogP contribution in [0.1, 0.15) is 31.4 Å². The summed E-state index contributed by atoms with van der Waals surface area (Å²) in [6, 6.07) is 7.83. The number of aliphatic imine (C=N–C) groups is 1. The van der Waals surface area contributed by atoms with E-state index in [0.717, 1.165) is 11.1 Å². The maximum Gasteiger partial charge on any atom is 0.308 e. The smallest absolute Gasteiger partial charge is 0.308 e. The molecule has 2 rings (SSSR count). The molecule has 1 heterocycles. The summed E-state index contributed by atoms with van der Waals surface area (Å²) in [6.45, 7) is 4.40. The van der Waals surface area contributed by atoms with E-state index in [1.54, 1.807) is 0 Å². The van der Waals surface area contributed by atoms with Gasteiger partial charge in [-0.3, -0.25) is 4.79 Å². The Hall–Kier alpha value is -1.84. The van der Waals surface area contributed by atoms with Crippen molar-refractivity contribution in [3.63, 3.8) is 0 Å². The third-order valence-electron chi connectivity index (χ3n) is 3.08. The van der Waals surface area contributed by atoms with Gasteiger partial charge in [0.25, 0.3) is 0 Å². The van der Waals surface area contributed by atoms with Crippen LogP contribution < -0.4 is 0 Å². The number of esters is 1. The summed E-state index contributed by atoms with van der Waals surface area (Å²) >= 11 is 0. The highest BCUT2D eigenvalue weighted by Gasteiger charge is 2.38. The van der Waals surface area contributed by atoms with Gasteiger partial charge in [-0.05, 0) is 25.5 Å². The van der Waals surface area contributed by atoms with Gasteiger partial charge >= 0.3 is 5.97 Å². The molecule has 1 aromatic rings. The van der Waals surface area contributed by atoms with E-state index < -0.39 is 5.54 Å². The number of carbonyl (C=O) groups is 1. The molecule has 0 bridgehead atoms. The lowest BCUT2D eigenvalue weighted by molar-refractivity contribution is -0.141. The van der Waals surface area contributed by atoms with Gasteiger partial charge < -0.3 is 9.47 Å². The molecule has 1 atom stereocenters. The van der Waals surface area contributed by atoms with Crippen molar-refractivity contribution in [1.82, 2.24) is 0 Å². The number of methoxy groups -OCH3 is 1. The molecule has 1 unspecified atom stereocenters. The first-order valence-electron chi connectivity index (χ1n) is 6.00. The zero-order valence-electron chi connectivity index (χ0n) is 10.9. The molecule has 0 N–H and O–H groups in total. The lowest BCUT2D eigenvalue weighted by Gasteiger charge is -2.20. The number of hydrogen-bond acceptors (Lipinski definition) is 4. The number of fused-ring (bicyclic) bond motifs is 1. The van der Waals surface area contributed by atoms with Crippen molar-refractivity contribution in [2.75, 3.05) is 13.7 Å². The van der Waals surface area contributed by atoms with E-state index in [0.29, 0.717) is 12.5 Å². The Morgan fingerprint density at radius 2 is 2.11 bits per heavy atom. The fourth-order valence-corrected chi connectivity index (χ4v) is 2.22. The SMILES string of the molecule is CCOC1=NC(C)(CC(=O)OC)c2ccccc21. The Labute approximate surface area is 107 Å². The zero-order valence-corrected chi connectivity index (χ0v) is 10.9. The highest BCUT2D eigenvalue weighted by molar-refractivity contribution is 5.99. The summed E-state index contributed by atoms with van der Waals surface area (Å²) in [4.78, 5) is 16.1. The van der Waals surface area contributed by atoms with Gasteiger partial charge in [0.05, 0.1) is 25.7 Å². The maximum absolute atomic E-state index is 11.5. The lowest BCUT2D eigenvalue weighted by atomic mass is 9.89. The molecule has 0 saturated carbocycles. The molecular weight excluding hydrogens is 230 g/mol. The highest BCUT2D eigenvalue weighted by Crippen LogP contribution is 2.38. The summed E-state index contributed by atoms with van der Waals surface area (Å²) in [5, 5.41) is 0. The number of benzene rings is 1. The lowest BCUT2D eigenvalue weighted by Crippen LogP contribution is -2.22. The van der Waals surface area contributed by atoms with Gasteiger partial charge in [-0.25, -0.2) is 4.99 Å². The highest BCUT2D eigenvalue weighted by atomic mass is 16.5. The maximum atomic E-state index is 11.5. The van der Waals surface area contributed by atoms with E-state index in [4.69, 9.17) is 9.47 Å². The molecule has 1 aliphatic rings. The van der Waals surface area contributed by atoms with Gasteiger partial charge in [0.1, 0.15) is 0 Å². The Morgan fingerprint density at radius 3 is 2.78 bits per heavy atom. The van der Waals surface area contributed by atoms with Crippen molar-refractivity contribution < 1.29 is 14.3 Å². The van der Waals surface area contributed by atoms with Crippen molar-refractivity contribution in [2.24, 2.45) is 4.99 Å². The Morgan fingerprint density at radius 1 is 1.39 bits per heavy atom. The van der Waals surface area contributed by atoms with Crippen molar-refractivity contribution in [1.29, 1.82) is 0 Å². The van der Waals surface area contributed by atoms with Crippen LogP contribution in [0, 0.1) is 0 Å². The molecule has 0 aromatic heterocycles. The summed E-state index contributed by atoms with van der Waals surface area (Å²) in [6.07, 6.45) is 0.219. The molecule has 0 fully saturated rings. The first kappa shape index (κ1) is 12.6. The summed E-state index contributed by atoms with van der Waals surface area (Å²) in [5.74, 6) is 0.341. The predicted octanol–water partition coefficient (Wildman–Crippen LogP) is 2.26. The topological polar surface area (TPSA) is 47.9 Å². The second-order valence-corrected chi connectivity index (χ2v) is 4.42. The molecular formula is C14H17NO3. The second kappa shape index (κ2) is 4.80. The Balaban J connectivity index is 2.40. The van der Waals surface area contributed by atoms with Gasteiger partial charge in [-0.2, -0.15) is 0 Å². The number of hydrogen-bond donors (Lipinski definition) is 0. The molecule has 0 aliphatic carbocycles. The molecule has 0 saturated heterocycles. The molecule has 0 radical (unpaired) electrons. The fraction of sp³-hybridized carbons (Fsp3) is 0.429. The predicted molar refractivity (Wildman–Crippen MR) is 68.6 cm³/mol. The molecule has 4 heteroatoms. The van der Waals surface area contributed by atoms with Crippen LogP contribution >= 0.6 is 0 Å². The second-order valence-electron chi connectivity index (χ2n) is 4.42. The van der Waals surface area contributed by atoms with Gasteiger partial charge in [0.2, 0.25) is 5.90 Å². The minimum absolute atomic E-state index is 0.219. The fourth-order valence-electron chi connectivity index (χ4n) is 2.22. The van der Waals surface area contributed by atoms with Gasteiger partial charge in [0, 0.05) is 5.56 Å². The van der Waals surface area contributed by atoms with Crippen LogP contribution in [0.25, 0.3) is 0 Å². The van der Waals surface area contributed by atoms with Crippen LogP contribution in [-0.2, 0) is 19.8 Å². The van der Waals surface area contributed by atoms with Crippen molar-refractivity contribution in [3.8, 4) is 0 Å². The number of ether oxygens (including phenoxy) is 2. The average molecular weight is 247 g/mol. The molecule has 0 spiro atoms. The van der Waals surface area contributed by atoms with E-state index in [1.165, 1.54) is 7.11 Å². The van der Waals surface area contributed by atoms with Gasteiger partial charge in [-0.1, -0.05) is 18.2 Å². The Bertz CT molecular complexity index is 496. The molecule has 18 heavy (non-hydrogen) atoms. The van der Waals surface area contributed by atoms with E-state index >= 15 is 0 Å². The quantitative estimate of drug-likeness (QED) is 0.770. The molecule has 1 aliphatic heterocycles. The van der Waals surface area contributed by atoms with E-state index in [-0.39, 0.29) is 12.4 Å². The third-order valence-corrected chi connectivity index (χ3v) is 3.08. The Kier molecular flexibility index (Phi) is 3.36. The van der Waals surface area contributed by atoms with Crippen LogP contribution in [0.5, 0.6) is 0 Å². The van der Waals surface area contributed by atoms with E-state index in [2.05, 4.69) is 4.99 Å². The minimum atomic E-state index is -0.589. The van der Waals surface area contributed by atoms with Crippen LogP contribution in [0.2, 0.25) is 0 Å². The number of carbonyl (C=O) groups excluding carboxylic acids is 1. The number of nitrogens with zero attached hydrogens (tertiary/aromatic N) is 1. The van der Waals surface area contributed by atoms with Crippen LogP contribution in [0.15, 0.2) is 29.3 Å². The monoisotopic (exact) mass is 247 g/mol. The van der Waals surface area contributed by atoms with Crippen molar-refractivity contribution in [3.05, 3.63) is 35.4 Å². The van der Waals surface area contributed by atoms with E-state index in [9.17, 15) is 4.79 Å². The van der Waals surface area contributed by atoms with Gasteiger partial charge in [0.15, 0.2) is 0 Å². The summed E-state index contributed by atoms with van der Waals surface area (Å²) in [5.41, 5.74) is 1.39. The molecule has 96 valence electrons. The average Bonchev–Trinajstić information content (AvgIpc) is 2.64. The normalized spacial score (nSPS) is 21.2. The van der Waals surface area contributed by atoms with Gasteiger partial charge in [-0.15, -0.1) is 0 Å². The van der Waals surface area contributed by atoms with E-state index in [1.807, 2.05) is 38.1 Å². The minimum Gasteiger partial charge on any atom is -0.478 e. The summed E-state index contributed by atoms with van der Waals surface area (Å²) in [7, 11) is 1.39. The number of rotatable bonds is 3. The van der Waals surface area contributed by atoms with Crippen LogP contribution in [0.3, 0.4) is 0 Å². The zero-order chi connectivity index (χ0) is 13.2. The first-order valence-corrected chi connectivity index (χ1v) is 6.00. The first-order chi connectivity index (χ1) is 8.60. The van der Waals surface area contributed by atoms with Crippen LogP contribution in [-0.4, -0.2) is 25.6 Å². The molecule has 1 aromatic carbocycles.